The molecule has 0 bridgehead atoms. The number of hydrogen-bond donors (Lipinski definition) is 1. The van der Waals surface area contributed by atoms with E-state index in [-0.39, 0.29) is 6.10 Å². The summed E-state index contributed by atoms with van der Waals surface area (Å²) in [4.78, 5) is 23.9. The second-order valence-electron chi connectivity index (χ2n) is 10.6. The van der Waals surface area contributed by atoms with Crippen LogP contribution in [-0.2, 0) is 11.5 Å². The highest BCUT2D eigenvalue weighted by Gasteiger charge is 2.23. The van der Waals surface area contributed by atoms with E-state index in [1.807, 2.05) is 42.8 Å². The highest BCUT2D eigenvalue weighted by atomic mass is 28.3. The third kappa shape index (κ3) is 6.32. The molecule has 1 saturated heterocycles. The summed E-state index contributed by atoms with van der Waals surface area (Å²) >= 11 is 0. The minimum absolute atomic E-state index is 0.0564. The van der Waals surface area contributed by atoms with Crippen molar-refractivity contribution in [3.05, 3.63) is 30.6 Å². The number of ether oxygens (including phenoxy) is 2. The van der Waals surface area contributed by atoms with E-state index in [4.69, 9.17) is 14.6 Å². The number of benzene rings is 1. The molecule has 1 aromatic carbocycles. The van der Waals surface area contributed by atoms with Crippen LogP contribution in [0.25, 0.3) is 22.3 Å². The molecule has 0 spiro atoms. The number of anilines is 1. The van der Waals surface area contributed by atoms with Crippen molar-refractivity contribution in [2.75, 3.05) is 37.7 Å². The van der Waals surface area contributed by atoms with Crippen molar-refractivity contribution >= 4 is 30.9 Å². The molecule has 3 heterocycles. The van der Waals surface area contributed by atoms with Gasteiger partial charge in [-0.3, -0.25) is 0 Å². The molecule has 10 nitrogen and oxygen atoms in total. The normalized spacial score (nSPS) is 14.6. The summed E-state index contributed by atoms with van der Waals surface area (Å²) < 4.78 is 13.9. The molecule has 1 amide bonds. The van der Waals surface area contributed by atoms with E-state index in [0.29, 0.717) is 39.5 Å². The van der Waals surface area contributed by atoms with Gasteiger partial charge in [0.1, 0.15) is 24.6 Å². The summed E-state index contributed by atoms with van der Waals surface area (Å²) in [5.74, 6) is 1.54. The van der Waals surface area contributed by atoms with Gasteiger partial charge in [-0.25, -0.2) is 19.4 Å². The lowest BCUT2D eigenvalue weighted by atomic mass is 10.1. The van der Waals surface area contributed by atoms with Gasteiger partial charge in [0.15, 0.2) is 0 Å². The summed E-state index contributed by atoms with van der Waals surface area (Å²) in [6.45, 7) is 14.1. The smallest absolute Gasteiger partial charge is 0.407 e. The summed E-state index contributed by atoms with van der Waals surface area (Å²) in [6, 6.07) is 8.92. The van der Waals surface area contributed by atoms with Gasteiger partial charge in [0.25, 0.3) is 0 Å². The van der Waals surface area contributed by atoms with E-state index in [1.54, 1.807) is 6.33 Å². The maximum absolute atomic E-state index is 11.3. The van der Waals surface area contributed by atoms with Gasteiger partial charge in [-0.05, 0) is 38.1 Å². The van der Waals surface area contributed by atoms with Crippen LogP contribution < -0.4 is 9.64 Å². The topological polar surface area (TPSA) is 106 Å². The van der Waals surface area contributed by atoms with Gasteiger partial charge in [-0.1, -0.05) is 19.6 Å². The van der Waals surface area contributed by atoms with Gasteiger partial charge in [-0.2, -0.15) is 5.10 Å². The maximum Gasteiger partial charge on any atom is 0.407 e. The predicted molar refractivity (Wildman–Crippen MR) is 142 cm³/mol. The Bertz CT molecular complexity index is 1200. The molecule has 1 aliphatic rings. The number of carbonyl (C=O) groups is 1. The van der Waals surface area contributed by atoms with Gasteiger partial charge < -0.3 is 24.4 Å². The molecular formula is C25H36N6O4Si. The number of amides is 1. The summed E-state index contributed by atoms with van der Waals surface area (Å²) in [5, 5.41) is 15.0. The monoisotopic (exact) mass is 512 g/mol. The van der Waals surface area contributed by atoms with Crippen LogP contribution in [0.4, 0.5) is 10.6 Å². The number of carboxylic acid groups (broad SMARTS) is 1. The molecule has 194 valence electrons. The van der Waals surface area contributed by atoms with Crippen molar-refractivity contribution in [1.29, 1.82) is 0 Å². The van der Waals surface area contributed by atoms with Gasteiger partial charge in [0.05, 0.1) is 23.0 Å². The largest absolute Gasteiger partial charge is 0.491 e. The average Bonchev–Trinajstić information content (AvgIpc) is 3.18. The van der Waals surface area contributed by atoms with Crippen molar-refractivity contribution in [1.82, 2.24) is 24.6 Å². The molecule has 0 saturated carbocycles. The summed E-state index contributed by atoms with van der Waals surface area (Å²) in [7, 11) is -1.20. The molecule has 3 aromatic rings. The van der Waals surface area contributed by atoms with Crippen molar-refractivity contribution in [3.8, 4) is 17.1 Å². The first kappa shape index (κ1) is 25.9. The van der Waals surface area contributed by atoms with Crippen LogP contribution in [0.1, 0.15) is 13.8 Å². The van der Waals surface area contributed by atoms with Crippen LogP contribution in [0, 0.1) is 0 Å². The molecule has 0 unspecified atom stereocenters. The van der Waals surface area contributed by atoms with Crippen LogP contribution in [0.2, 0.25) is 25.7 Å². The van der Waals surface area contributed by atoms with E-state index in [0.717, 1.165) is 39.9 Å². The lowest BCUT2D eigenvalue weighted by Crippen LogP contribution is -2.48. The zero-order valence-electron chi connectivity index (χ0n) is 21.8. The third-order valence-electron chi connectivity index (χ3n) is 6.06. The number of rotatable bonds is 9. The third-order valence-corrected chi connectivity index (χ3v) is 7.77. The van der Waals surface area contributed by atoms with Crippen LogP contribution in [0.15, 0.2) is 30.6 Å². The molecule has 4 rings (SSSR count). The number of fused-ring (bicyclic) bond motifs is 1. The standard InChI is InChI=1S/C25H36N6O4Si/c1-18(2)35-19-6-7-21-20(14-19)24(31(28-21)17-34-12-13-36(3,4)5)22-15-23(27-16-26-22)29-8-10-30(11-9-29)25(32)33/h6-7,14-16,18H,8-13,17H2,1-5H3,(H,32,33). The van der Waals surface area contributed by atoms with Gasteiger partial charge in [-0.15, -0.1) is 0 Å². The highest BCUT2D eigenvalue weighted by Crippen LogP contribution is 2.32. The van der Waals surface area contributed by atoms with Crippen LogP contribution in [0.3, 0.4) is 0 Å². The number of aromatic nitrogens is 4. The Morgan fingerprint density at radius 1 is 1.11 bits per heavy atom. The lowest BCUT2D eigenvalue weighted by Gasteiger charge is -2.33. The van der Waals surface area contributed by atoms with Crippen molar-refractivity contribution in [2.45, 2.75) is 52.4 Å². The van der Waals surface area contributed by atoms with E-state index in [2.05, 4.69) is 34.5 Å². The maximum atomic E-state index is 11.3. The Kier molecular flexibility index (Phi) is 7.79. The Balaban J connectivity index is 1.66. The quantitative estimate of drug-likeness (QED) is 0.332. The molecule has 1 aliphatic heterocycles. The molecule has 2 aromatic heterocycles. The number of nitrogens with zero attached hydrogens (tertiary/aromatic N) is 6. The second-order valence-corrected chi connectivity index (χ2v) is 16.2. The van der Waals surface area contributed by atoms with E-state index in [9.17, 15) is 9.90 Å². The molecule has 11 heteroatoms. The first-order valence-electron chi connectivity index (χ1n) is 12.4. The molecular weight excluding hydrogens is 476 g/mol. The predicted octanol–water partition coefficient (Wildman–Crippen LogP) is 4.39. The number of piperazine rings is 1. The Morgan fingerprint density at radius 3 is 2.53 bits per heavy atom. The summed E-state index contributed by atoms with van der Waals surface area (Å²) in [5.41, 5.74) is 2.42. The second kappa shape index (κ2) is 10.8. The van der Waals surface area contributed by atoms with E-state index < -0.39 is 14.2 Å². The zero-order valence-corrected chi connectivity index (χ0v) is 22.8. The van der Waals surface area contributed by atoms with Crippen LogP contribution in [-0.4, -0.2) is 82.8 Å². The van der Waals surface area contributed by atoms with Gasteiger partial charge >= 0.3 is 6.09 Å². The van der Waals surface area contributed by atoms with Gasteiger partial charge in [0.2, 0.25) is 0 Å². The fourth-order valence-electron chi connectivity index (χ4n) is 4.13. The Labute approximate surface area is 212 Å². The first-order chi connectivity index (χ1) is 17.1. The first-order valence-corrected chi connectivity index (χ1v) is 16.1. The van der Waals surface area contributed by atoms with E-state index in [1.165, 1.54) is 4.90 Å². The highest BCUT2D eigenvalue weighted by molar-refractivity contribution is 6.76. The molecule has 0 atom stereocenters. The molecule has 0 aliphatic carbocycles. The number of hydrogen-bond acceptors (Lipinski definition) is 7. The lowest BCUT2D eigenvalue weighted by molar-refractivity contribution is 0.0802. The Morgan fingerprint density at radius 2 is 1.86 bits per heavy atom. The fourth-order valence-corrected chi connectivity index (χ4v) is 4.88. The van der Waals surface area contributed by atoms with Crippen molar-refractivity contribution in [2.24, 2.45) is 0 Å². The zero-order chi connectivity index (χ0) is 25.9. The van der Waals surface area contributed by atoms with Crippen LogP contribution in [0.5, 0.6) is 5.75 Å². The molecule has 0 radical (unpaired) electrons. The van der Waals surface area contributed by atoms with Crippen LogP contribution >= 0.6 is 0 Å². The van der Waals surface area contributed by atoms with Gasteiger partial charge in [0, 0.05) is 52.3 Å². The molecule has 1 fully saturated rings. The molecule has 36 heavy (non-hydrogen) atoms. The average molecular weight is 513 g/mol. The SMILES string of the molecule is CC(C)Oc1ccc2nn(COCC[Si](C)(C)C)c(-c3cc(N4CCN(C(=O)O)CC4)ncn3)c2c1. The molecule has 1 N–H and O–H groups in total. The summed E-state index contributed by atoms with van der Waals surface area (Å²) in [6.07, 6.45) is 0.723. The van der Waals surface area contributed by atoms with Crippen molar-refractivity contribution in [3.63, 3.8) is 0 Å². The van der Waals surface area contributed by atoms with E-state index >= 15 is 0 Å². The minimum atomic E-state index is -1.20. The minimum Gasteiger partial charge on any atom is -0.491 e. The van der Waals surface area contributed by atoms with Crippen molar-refractivity contribution < 1.29 is 19.4 Å². The Hall–Kier alpha value is -3.18. The fraction of sp³-hybridized carbons (Fsp3) is 0.520.